The third-order valence-electron chi connectivity index (χ3n) is 3.89. The lowest BCUT2D eigenvalue weighted by molar-refractivity contribution is 0.215. The highest BCUT2D eigenvalue weighted by molar-refractivity contribution is 7.99. The normalized spacial score (nSPS) is 18.3. The molecular weight excluding hydrogens is 324 g/mol. The van der Waals surface area contributed by atoms with Crippen molar-refractivity contribution in [1.82, 2.24) is 24.6 Å². The van der Waals surface area contributed by atoms with Gasteiger partial charge in [-0.05, 0) is 26.3 Å². The molecule has 1 saturated heterocycles. The summed E-state index contributed by atoms with van der Waals surface area (Å²) in [5.74, 6) is 2.01. The van der Waals surface area contributed by atoms with Crippen LogP contribution in [0.5, 0.6) is 0 Å². The summed E-state index contributed by atoms with van der Waals surface area (Å²) in [5.41, 5.74) is 1.73. The minimum Gasteiger partial charge on any atom is -0.324 e. The minimum absolute atomic E-state index is 0.101. The van der Waals surface area contributed by atoms with Gasteiger partial charge in [0.05, 0.1) is 6.20 Å². The van der Waals surface area contributed by atoms with Crippen molar-refractivity contribution < 1.29 is 4.79 Å². The first-order valence-corrected chi connectivity index (χ1v) is 9.12. The number of nitrogens with one attached hydrogen (secondary N) is 1. The Bertz CT molecular complexity index is 711. The molecule has 0 bridgehead atoms. The molecule has 0 spiro atoms. The molecule has 0 radical (unpaired) electrons. The number of thioether (sulfide) groups is 1. The Balaban J connectivity index is 1.77. The summed E-state index contributed by atoms with van der Waals surface area (Å²) in [7, 11) is 0. The lowest BCUT2D eigenvalue weighted by Gasteiger charge is -2.20. The van der Waals surface area contributed by atoms with E-state index in [0.717, 1.165) is 36.7 Å². The Morgan fingerprint density at radius 2 is 2.04 bits per heavy atom. The van der Waals surface area contributed by atoms with Crippen LogP contribution in [0, 0.1) is 13.8 Å². The predicted octanol–water partition coefficient (Wildman–Crippen LogP) is 2.64. The number of hydrogen-bond acceptors (Lipinski definition) is 5. The van der Waals surface area contributed by atoms with Crippen molar-refractivity contribution in [2.45, 2.75) is 32.4 Å². The van der Waals surface area contributed by atoms with Gasteiger partial charge in [-0.15, -0.1) is 0 Å². The number of hydrogen-bond donors (Lipinski definition) is 1. The van der Waals surface area contributed by atoms with Crippen LogP contribution in [0.1, 0.15) is 24.7 Å². The molecule has 24 heavy (non-hydrogen) atoms. The van der Waals surface area contributed by atoms with E-state index >= 15 is 0 Å². The first-order chi connectivity index (χ1) is 11.5. The molecule has 0 unspecified atom stereocenters. The van der Waals surface area contributed by atoms with Crippen LogP contribution in [-0.2, 0) is 0 Å². The molecule has 1 aliphatic rings. The fourth-order valence-corrected chi connectivity index (χ4v) is 3.65. The van der Waals surface area contributed by atoms with E-state index in [1.54, 1.807) is 16.9 Å². The van der Waals surface area contributed by atoms with Crippen LogP contribution in [0.3, 0.4) is 0 Å². The van der Waals surface area contributed by atoms with E-state index in [4.69, 9.17) is 0 Å². The summed E-state index contributed by atoms with van der Waals surface area (Å²) in [6.07, 6.45) is 2.65. The molecule has 0 aliphatic carbocycles. The molecule has 1 fully saturated rings. The molecule has 1 aliphatic heterocycles. The van der Waals surface area contributed by atoms with Crippen molar-refractivity contribution in [1.29, 1.82) is 0 Å². The largest absolute Gasteiger partial charge is 0.324 e. The Morgan fingerprint density at radius 3 is 2.79 bits per heavy atom. The Labute approximate surface area is 145 Å². The zero-order valence-electron chi connectivity index (χ0n) is 14.2. The lowest BCUT2D eigenvalue weighted by Crippen LogP contribution is -2.37. The maximum absolute atomic E-state index is 12.6. The van der Waals surface area contributed by atoms with Crippen molar-refractivity contribution >= 4 is 23.6 Å². The molecule has 3 rings (SSSR count). The number of carbonyl (C=O) groups excluding carboxylic acids is 1. The summed E-state index contributed by atoms with van der Waals surface area (Å²) in [4.78, 5) is 23.2. The smallest absolute Gasteiger partial charge is 0.323 e. The summed E-state index contributed by atoms with van der Waals surface area (Å²) < 4.78 is 1.56. The number of amides is 2. The quantitative estimate of drug-likeness (QED) is 0.905. The Morgan fingerprint density at radius 1 is 1.29 bits per heavy atom. The molecule has 1 atom stereocenters. The van der Waals surface area contributed by atoms with Gasteiger partial charge < -0.3 is 4.90 Å². The van der Waals surface area contributed by atoms with E-state index in [9.17, 15) is 4.79 Å². The maximum atomic E-state index is 12.6. The van der Waals surface area contributed by atoms with Crippen molar-refractivity contribution in [2.75, 3.05) is 24.2 Å². The third-order valence-corrected chi connectivity index (χ3v) is 5.12. The molecule has 7 nitrogen and oxygen atoms in total. The zero-order chi connectivity index (χ0) is 17.1. The first kappa shape index (κ1) is 16.8. The van der Waals surface area contributed by atoms with Crippen molar-refractivity contribution in [3.63, 3.8) is 0 Å². The van der Waals surface area contributed by atoms with Gasteiger partial charge in [-0.3, -0.25) is 5.32 Å². The van der Waals surface area contributed by atoms with Crippen molar-refractivity contribution in [3.05, 3.63) is 29.7 Å². The van der Waals surface area contributed by atoms with Gasteiger partial charge in [0.1, 0.15) is 5.82 Å². The van der Waals surface area contributed by atoms with Gasteiger partial charge in [-0.1, -0.05) is 6.92 Å². The average molecular weight is 346 g/mol. The predicted molar refractivity (Wildman–Crippen MR) is 95.8 cm³/mol. The highest BCUT2D eigenvalue weighted by atomic mass is 32.2. The summed E-state index contributed by atoms with van der Waals surface area (Å²) in [6.45, 7) is 7.56. The number of rotatable bonds is 2. The molecule has 128 valence electrons. The lowest BCUT2D eigenvalue weighted by atomic mass is 10.3. The molecule has 1 N–H and O–H groups in total. The van der Waals surface area contributed by atoms with Gasteiger partial charge in [0.2, 0.25) is 0 Å². The van der Waals surface area contributed by atoms with Crippen molar-refractivity contribution in [3.8, 4) is 5.95 Å². The molecule has 2 aromatic heterocycles. The average Bonchev–Trinajstić information content (AvgIpc) is 2.86. The fraction of sp³-hybridized carbons (Fsp3) is 0.500. The molecule has 0 saturated carbocycles. The second kappa shape index (κ2) is 7.21. The van der Waals surface area contributed by atoms with Gasteiger partial charge in [-0.2, -0.15) is 21.5 Å². The van der Waals surface area contributed by atoms with Gasteiger partial charge in [-0.25, -0.2) is 14.8 Å². The van der Waals surface area contributed by atoms with Crippen LogP contribution >= 0.6 is 11.8 Å². The van der Waals surface area contributed by atoms with Crippen LogP contribution in [0.2, 0.25) is 0 Å². The number of urea groups is 1. The minimum atomic E-state index is -0.101. The van der Waals surface area contributed by atoms with E-state index in [1.165, 1.54) is 0 Å². The van der Waals surface area contributed by atoms with Crippen LogP contribution in [0.15, 0.2) is 18.3 Å². The van der Waals surface area contributed by atoms with Crippen LogP contribution < -0.4 is 5.32 Å². The van der Waals surface area contributed by atoms with Crippen LogP contribution in [0.25, 0.3) is 5.95 Å². The number of aryl methyl sites for hydroxylation is 2. The molecule has 2 aromatic rings. The van der Waals surface area contributed by atoms with Gasteiger partial charge in [0.25, 0.3) is 5.95 Å². The van der Waals surface area contributed by atoms with Crippen molar-refractivity contribution in [2.24, 2.45) is 0 Å². The van der Waals surface area contributed by atoms with E-state index in [1.807, 2.05) is 36.6 Å². The SMILES string of the molecule is Cc1cc(C)nc(-n2nccc2NC(=O)N2CCS[C@@H](C)CC2)n1. The second-order valence-corrected chi connectivity index (χ2v) is 7.51. The highest BCUT2D eigenvalue weighted by Crippen LogP contribution is 2.20. The first-order valence-electron chi connectivity index (χ1n) is 8.07. The summed E-state index contributed by atoms with van der Waals surface area (Å²) in [5, 5.41) is 7.78. The molecule has 8 heteroatoms. The van der Waals surface area contributed by atoms with Gasteiger partial charge in [0, 0.05) is 41.5 Å². The van der Waals surface area contributed by atoms with Crippen LogP contribution in [0.4, 0.5) is 10.6 Å². The monoisotopic (exact) mass is 346 g/mol. The Kier molecular flexibility index (Phi) is 5.03. The van der Waals surface area contributed by atoms with E-state index < -0.39 is 0 Å². The molecular formula is C16H22N6OS. The van der Waals surface area contributed by atoms with Crippen LogP contribution in [-0.4, -0.2) is 54.8 Å². The maximum Gasteiger partial charge on any atom is 0.323 e. The Hall–Kier alpha value is -2.09. The fourth-order valence-electron chi connectivity index (χ4n) is 2.65. The molecule has 0 aromatic carbocycles. The summed E-state index contributed by atoms with van der Waals surface area (Å²) >= 11 is 1.91. The van der Waals surface area contributed by atoms with E-state index in [2.05, 4.69) is 27.3 Å². The zero-order valence-corrected chi connectivity index (χ0v) is 15.0. The second-order valence-electron chi connectivity index (χ2n) is 5.97. The number of nitrogens with zero attached hydrogens (tertiary/aromatic N) is 5. The number of anilines is 1. The topological polar surface area (TPSA) is 75.9 Å². The summed E-state index contributed by atoms with van der Waals surface area (Å²) in [6, 6.07) is 3.56. The van der Waals surface area contributed by atoms with Gasteiger partial charge in [0.15, 0.2) is 0 Å². The highest BCUT2D eigenvalue weighted by Gasteiger charge is 2.20. The van der Waals surface area contributed by atoms with E-state index in [-0.39, 0.29) is 6.03 Å². The molecule has 3 heterocycles. The molecule has 2 amide bonds. The van der Waals surface area contributed by atoms with Gasteiger partial charge >= 0.3 is 6.03 Å². The standard InChI is InChI=1S/C16H22N6OS/c1-11-10-12(2)19-15(18-11)22-14(4-6-17-22)20-16(23)21-7-5-13(3)24-9-8-21/h4,6,10,13H,5,7-9H2,1-3H3,(H,20,23)/t13-/m0/s1. The number of carbonyl (C=O) groups is 1. The van der Waals surface area contributed by atoms with E-state index in [0.29, 0.717) is 17.0 Å². The number of aromatic nitrogens is 4. The third kappa shape index (κ3) is 3.87.